The largest absolute Gasteiger partial charge is 0.396 e. The minimum absolute atomic E-state index is 0.102. The van der Waals surface area contributed by atoms with Gasteiger partial charge in [-0.05, 0) is 68.4 Å². The summed E-state index contributed by atoms with van der Waals surface area (Å²) in [6, 6.07) is 16.9. The molecule has 4 nitrogen and oxygen atoms in total. The van der Waals surface area contributed by atoms with E-state index in [-0.39, 0.29) is 18.6 Å². The van der Waals surface area contributed by atoms with Gasteiger partial charge in [-0.2, -0.15) is 0 Å². The van der Waals surface area contributed by atoms with Crippen LogP contribution in [-0.4, -0.2) is 39.7 Å². The van der Waals surface area contributed by atoms with E-state index in [1.54, 1.807) is 0 Å². The molecule has 2 heterocycles. The van der Waals surface area contributed by atoms with Gasteiger partial charge in [0.25, 0.3) is 5.91 Å². The first-order valence-electron chi connectivity index (χ1n) is 11.2. The molecule has 0 spiro atoms. The summed E-state index contributed by atoms with van der Waals surface area (Å²) in [6.45, 7) is 6.13. The average Bonchev–Trinajstić information content (AvgIpc) is 3.04. The van der Waals surface area contributed by atoms with Crippen LogP contribution in [0.4, 0.5) is 0 Å². The number of aromatic nitrogens is 1. The number of rotatable bonds is 6. The monoisotopic (exact) mass is 404 g/mol. The van der Waals surface area contributed by atoms with Crippen LogP contribution < -0.4 is 0 Å². The fourth-order valence-electron chi connectivity index (χ4n) is 4.98. The number of piperidine rings is 1. The highest BCUT2D eigenvalue weighted by molar-refractivity contribution is 5.99. The number of benzene rings is 2. The highest BCUT2D eigenvalue weighted by Gasteiger charge is 2.27. The molecule has 158 valence electrons. The van der Waals surface area contributed by atoms with Crippen LogP contribution >= 0.6 is 0 Å². The summed E-state index contributed by atoms with van der Waals surface area (Å²) in [5.41, 5.74) is 5.83. The molecular weight excluding hydrogens is 372 g/mol. The Morgan fingerprint density at radius 3 is 2.67 bits per heavy atom. The van der Waals surface area contributed by atoms with E-state index in [4.69, 9.17) is 0 Å². The van der Waals surface area contributed by atoms with Crippen molar-refractivity contribution >= 4 is 16.8 Å². The van der Waals surface area contributed by atoms with Crippen molar-refractivity contribution < 1.29 is 9.90 Å². The zero-order chi connectivity index (χ0) is 21.1. The van der Waals surface area contributed by atoms with E-state index >= 15 is 0 Å². The summed E-state index contributed by atoms with van der Waals surface area (Å²) in [7, 11) is 0. The number of carbonyl (C=O) groups is 1. The Bertz CT molecular complexity index is 1020. The number of hydrogen-bond donors (Lipinski definition) is 1. The number of hydrogen-bond acceptors (Lipinski definition) is 2. The van der Waals surface area contributed by atoms with Gasteiger partial charge >= 0.3 is 0 Å². The van der Waals surface area contributed by atoms with E-state index in [1.807, 2.05) is 17.0 Å². The average molecular weight is 405 g/mol. The van der Waals surface area contributed by atoms with Crippen molar-refractivity contribution in [2.75, 3.05) is 13.2 Å². The van der Waals surface area contributed by atoms with Gasteiger partial charge in [-0.15, -0.1) is 0 Å². The highest BCUT2D eigenvalue weighted by atomic mass is 16.3. The van der Waals surface area contributed by atoms with Gasteiger partial charge in [-0.3, -0.25) is 4.79 Å². The summed E-state index contributed by atoms with van der Waals surface area (Å²) in [5, 5.41) is 10.6. The molecule has 1 saturated heterocycles. The third-order valence-electron chi connectivity index (χ3n) is 6.59. The maximum Gasteiger partial charge on any atom is 0.254 e. The number of fused-ring (bicyclic) bond motifs is 1. The smallest absolute Gasteiger partial charge is 0.254 e. The number of aryl methyl sites for hydroxylation is 1. The van der Waals surface area contributed by atoms with Gasteiger partial charge < -0.3 is 14.6 Å². The van der Waals surface area contributed by atoms with Gasteiger partial charge in [0.1, 0.15) is 0 Å². The maximum atomic E-state index is 13.3. The lowest BCUT2D eigenvalue weighted by atomic mass is 9.98. The molecule has 1 fully saturated rings. The first-order chi connectivity index (χ1) is 14.6. The Kier molecular flexibility index (Phi) is 6.24. The zero-order valence-electron chi connectivity index (χ0n) is 18.1. The van der Waals surface area contributed by atoms with E-state index in [2.05, 4.69) is 54.8 Å². The van der Waals surface area contributed by atoms with Gasteiger partial charge in [0.2, 0.25) is 0 Å². The summed E-state index contributed by atoms with van der Waals surface area (Å²) < 4.78 is 2.37. The molecule has 1 aliphatic rings. The Balaban J connectivity index is 1.71. The lowest BCUT2D eigenvalue weighted by molar-refractivity contribution is 0.0575. The van der Waals surface area contributed by atoms with Crippen molar-refractivity contribution in [2.24, 2.45) is 0 Å². The zero-order valence-corrected chi connectivity index (χ0v) is 18.1. The van der Waals surface area contributed by atoms with Gasteiger partial charge in [-0.25, -0.2) is 0 Å². The molecule has 0 bridgehead atoms. The third kappa shape index (κ3) is 3.89. The molecule has 0 aliphatic carbocycles. The molecule has 4 heteroatoms. The van der Waals surface area contributed by atoms with Crippen LogP contribution in [0.2, 0.25) is 0 Å². The molecule has 1 atom stereocenters. The summed E-state index contributed by atoms with van der Waals surface area (Å²) >= 11 is 0. The van der Waals surface area contributed by atoms with E-state index in [1.165, 1.54) is 27.7 Å². The highest BCUT2D eigenvalue weighted by Crippen LogP contribution is 2.30. The second-order valence-electron chi connectivity index (χ2n) is 8.38. The van der Waals surface area contributed by atoms with E-state index in [0.717, 1.165) is 44.3 Å². The first-order valence-corrected chi connectivity index (χ1v) is 11.2. The molecule has 2 aromatic carbocycles. The van der Waals surface area contributed by atoms with E-state index in [9.17, 15) is 9.90 Å². The van der Waals surface area contributed by atoms with Crippen molar-refractivity contribution in [1.29, 1.82) is 0 Å². The topological polar surface area (TPSA) is 45.5 Å². The molecule has 3 aromatic rings. The number of aliphatic hydroxyl groups excluding tert-OH is 1. The molecule has 1 unspecified atom stereocenters. The minimum Gasteiger partial charge on any atom is -0.396 e. The molecule has 1 N–H and O–H groups in total. The number of carbonyl (C=O) groups excluding carboxylic acids is 1. The quantitative estimate of drug-likeness (QED) is 0.633. The molecule has 30 heavy (non-hydrogen) atoms. The van der Waals surface area contributed by atoms with Gasteiger partial charge in [0.15, 0.2) is 0 Å². The van der Waals surface area contributed by atoms with Crippen molar-refractivity contribution in [1.82, 2.24) is 9.47 Å². The number of nitrogens with zero attached hydrogens (tertiary/aromatic N) is 2. The summed E-state index contributed by atoms with van der Waals surface area (Å²) in [6.07, 6.45) is 4.78. The summed E-state index contributed by atoms with van der Waals surface area (Å²) in [5.74, 6) is 0.102. The normalized spacial score (nSPS) is 16.9. The van der Waals surface area contributed by atoms with Crippen molar-refractivity contribution in [2.45, 2.75) is 58.5 Å². The molecule has 0 radical (unpaired) electrons. The molecule has 0 saturated carbocycles. The van der Waals surface area contributed by atoms with E-state index < -0.39 is 0 Å². The molecule has 1 aromatic heterocycles. The molecule has 1 aliphatic heterocycles. The Hall–Kier alpha value is -2.59. The summed E-state index contributed by atoms with van der Waals surface area (Å²) in [4.78, 5) is 15.3. The van der Waals surface area contributed by atoms with Gasteiger partial charge in [-0.1, -0.05) is 37.3 Å². The van der Waals surface area contributed by atoms with Crippen molar-refractivity contribution in [3.05, 3.63) is 70.9 Å². The van der Waals surface area contributed by atoms with Crippen LogP contribution in [0.25, 0.3) is 10.9 Å². The van der Waals surface area contributed by atoms with Crippen LogP contribution in [0.5, 0.6) is 0 Å². The van der Waals surface area contributed by atoms with Crippen LogP contribution in [0.3, 0.4) is 0 Å². The second kappa shape index (κ2) is 9.05. The number of likely N-dealkylation sites (tertiary alicyclic amines) is 1. The standard InChI is InChI=1S/C26H32N2O2/c1-3-23-19(2)28(18-20-9-5-4-6-10-20)25-13-12-21(17-24(23)25)26(30)27-15-8-7-11-22(27)14-16-29/h4-6,9-10,12-13,17,22,29H,3,7-8,11,14-16,18H2,1-2H3. The Labute approximate surface area is 179 Å². The van der Waals surface area contributed by atoms with Crippen LogP contribution in [0.1, 0.15) is 59.8 Å². The molecular formula is C26H32N2O2. The predicted octanol–water partition coefficient (Wildman–Crippen LogP) is 4.94. The second-order valence-corrected chi connectivity index (χ2v) is 8.38. The lowest BCUT2D eigenvalue weighted by Gasteiger charge is -2.35. The van der Waals surface area contributed by atoms with Crippen molar-refractivity contribution in [3.8, 4) is 0 Å². The van der Waals surface area contributed by atoms with Gasteiger partial charge in [0, 0.05) is 47.9 Å². The number of amides is 1. The third-order valence-corrected chi connectivity index (χ3v) is 6.59. The predicted molar refractivity (Wildman–Crippen MR) is 122 cm³/mol. The first kappa shape index (κ1) is 20.7. The van der Waals surface area contributed by atoms with Crippen LogP contribution in [-0.2, 0) is 13.0 Å². The Morgan fingerprint density at radius 1 is 1.13 bits per heavy atom. The molecule has 4 rings (SSSR count). The lowest BCUT2D eigenvalue weighted by Crippen LogP contribution is -2.44. The van der Waals surface area contributed by atoms with Crippen LogP contribution in [0, 0.1) is 6.92 Å². The van der Waals surface area contributed by atoms with Crippen molar-refractivity contribution in [3.63, 3.8) is 0 Å². The number of aliphatic hydroxyl groups is 1. The minimum atomic E-state index is 0.102. The Morgan fingerprint density at radius 2 is 1.93 bits per heavy atom. The fraction of sp³-hybridized carbons (Fsp3) is 0.423. The SMILES string of the molecule is CCc1c(C)n(Cc2ccccc2)c2ccc(C(=O)N3CCCCC3CCO)cc12. The maximum absolute atomic E-state index is 13.3. The van der Waals surface area contributed by atoms with E-state index in [0.29, 0.717) is 6.42 Å². The molecule has 1 amide bonds. The van der Waals surface area contributed by atoms with Gasteiger partial charge in [0.05, 0.1) is 0 Å². The fourth-order valence-corrected chi connectivity index (χ4v) is 4.98. The van der Waals surface area contributed by atoms with Crippen LogP contribution in [0.15, 0.2) is 48.5 Å².